The Morgan fingerprint density at radius 3 is 2.74 bits per heavy atom. The first-order valence-electron chi connectivity index (χ1n) is 7.20. The fourth-order valence-corrected chi connectivity index (χ4v) is 2.19. The molecule has 2 amide bonds. The number of benzene rings is 2. The number of carbonyl (C=O) groups excluding carboxylic acids is 1. The summed E-state index contributed by atoms with van der Waals surface area (Å²) < 4.78 is 18.3. The van der Waals surface area contributed by atoms with Crippen LogP contribution in [0, 0.1) is 12.7 Å². The molecular formula is C17H18ClFN2O2. The second kappa shape index (κ2) is 8.39. The van der Waals surface area contributed by atoms with Crippen LogP contribution in [0.3, 0.4) is 0 Å². The number of amides is 2. The van der Waals surface area contributed by atoms with Crippen LogP contribution in [-0.4, -0.2) is 19.2 Å². The Morgan fingerprint density at radius 2 is 2.00 bits per heavy atom. The number of aryl methyl sites for hydroxylation is 1. The summed E-state index contributed by atoms with van der Waals surface area (Å²) in [6.45, 7) is 3.01. The minimum absolute atomic E-state index is 0.203. The zero-order valence-electron chi connectivity index (χ0n) is 12.7. The lowest BCUT2D eigenvalue weighted by Crippen LogP contribution is -2.37. The molecule has 2 N–H and O–H groups in total. The van der Waals surface area contributed by atoms with Crippen LogP contribution in [0.25, 0.3) is 0 Å². The van der Waals surface area contributed by atoms with Gasteiger partial charge in [-0.05, 0) is 36.2 Å². The maximum absolute atomic E-state index is 12.9. The van der Waals surface area contributed by atoms with Gasteiger partial charge in [0.1, 0.15) is 18.2 Å². The van der Waals surface area contributed by atoms with E-state index in [0.29, 0.717) is 18.8 Å². The molecule has 0 aliphatic carbocycles. The van der Waals surface area contributed by atoms with E-state index in [-0.39, 0.29) is 17.7 Å². The summed E-state index contributed by atoms with van der Waals surface area (Å²) in [7, 11) is 0. The van der Waals surface area contributed by atoms with Crippen LogP contribution in [0.15, 0.2) is 42.5 Å². The first-order chi connectivity index (χ1) is 11.1. The van der Waals surface area contributed by atoms with Gasteiger partial charge in [-0.15, -0.1) is 0 Å². The molecule has 0 atom stereocenters. The quantitative estimate of drug-likeness (QED) is 0.791. The third kappa shape index (κ3) is 5.45. The molecule has 0 bridgehead atoms. The van der Waals surface area contributed by atoms with Gasteiger partial charge in [0.15, 0.2) is 0 Å². The van der Waals surface area contributed by atoms with Gasteiger partial charge in [0.05, 0.1) is 11.6 Å². The summed E-state index contributed by atoms with van der Waals surface area (Å²) in [5, 5.41) is 5.66. The van der Waals surface area contributed by atoms with E-state index in [0.717, 1.165) is 11.1 Å². The molecule has 0 heterocycles. The lowest BCUT2D eigenvalue weighted by atomic mass is 10.1. The van der Waals surface area contributed by atoms with Crippen molar-refractivity contribution in [2.24, 2.45) is 0 Å². The molecule has 0 aliphatic heterocycles. The van der Waals surface area contributed by atoms with Crippen molar-refractivity contribution in [2.75, 3.05) is 13.2 Å². The molecule has 0 saturated heterocycles. The van der Waals surface area contributed by atoms with Gasteiger partial charge in [-0.1, -0.05) is 35.9 Å². The number of ether oxygens (including phenoxy) is 1. The van der Waals surface area contributed by atoms with E-state index >= 15 is 0 Å². The molecule has 122 valence electrons. The van der Waals surface area contributed by atoms with Gasteiger partial charge in [0.2, 0.25) is 0 Å². The van der Waals surface area contributed by atoms with Gasteiger partial charge in [0, 0.05) is 6.54 Å². The van der Waals surface area contributed by atoms with Crippen molar-refractivity contribution in [3.8, 4) is 5.75 Å². The van der Waals surface area contributed by atoms with Crippen molar-refractivity contribution in [3.63, 3.8) is 0 Å². The van der Waals surface area contributed by atoms with Crippen molar-refractivity contribution >= 4 is 17.6 Å². The van der Waals surface area contributed by atoms with E-state index in [9.17, 15) is 9.18 Å². The molecule has 0 aromatic heterocycles. The highest BCUT2D eigenvalue weighted by molar-refractivity contribution is 6.32. The molecular weight excluding hydrogens is 319 g/mol. The van der Waals surface area contributed by atoms with E-state index in [4.69, 9.17) is 16.3 Å². The van der Waals surface area contributed by atoms with Crippen molar-refractivity contribution in [1.82, 2.24) is 10.6 Å². The van der Waals surface area contributed by atoms with Crippen molar-refractivity contribution in [1.29, 1.82) is 0 Å². The molecule has 0 aliphatic rings. The number of halogens is 2. The van der Waals surface area contributed by atoms with Gasteiger partial charge in [-0.2, -0.15) is 0 Å². The lowest BCUT2D eigenvalue weighted by molar-refractivity contribution is 0.236. The molecule has 0 fully saturated rings. The molecule has 0 radical (unpaired) electrons. The standard InChI is InChI=1S/C17H18ClFN2O2/c1-12-4-2-3-5-13(12)11-21-17(22)20-8-9-23-16-7-6-14(19)10-15(16)18/h2-7,10H,8-9,11H2,1H3,(H2,20,21,22). The summed E-state index contributed by atoms with van der Waals surface area (Å²) in [4.78, 5) is 11.7. The Hall–Kier alpha value is -2.27. The average Bonchev–Trinajstić information content (AvgIpc) is 2.52. The van der Waals surface area contributed by atoms with Crippen molar-refractivity contribution in [3.05, 3.63) is 64.4 Å². The zero-order chi connectivity index (χ0) is 16.7. The molecule has 0 spiro atoms. The highest BCUT2D eigenvalue weighted by atomic mass is 35.5. The fourth-order valence-electron chi connectivity index (χ4n) is 1.96. The summed E-state index contributed by atoms with van der Waals surface area (Å²) >= 11 is 5.84. The first-order valence-corrected chi connectivity index (χ1v) is 7.58. The second-order valence-electron chi connectivity index (χ2n) is 4.96. The lowest BCUT2D eigenvalue weighted by Gasteiger charge is -2.11. The fraction of sp³-hybridized carbons (Fsp3) is 0.235. The molecule has 23 heavy (non-hydrogen) atoms. The highest BCUT2D eigenvalue weighted by Gasteiger charge is 2.04. The van der Waals surface area contributed by atoms with E-state index in [1.54, 1.807) is 0 Å². The Kier molecular flexibility index (Phi) is 6.23. The minimum Gasteiger partial charge on any atom is -0.490 e. The number of hydrogen-bond acceptors (Lipinski definition) is 2. The van der Waals surface area contributed by atoms with Gasteiger partial charge in [-0.3, -0.25) is 0 Å². The van der Waals surface area contributed by atoms with Crippen LogP contribution < -0.4 is 15.4 Å². The first kappa shape index (κ1) is 17.1. The van der Waals surface area contributed by atoms with Crippen LogP contribution in [-0.2, 0) is 6.54 Å². The van der Waals surface area contributed by atoms with Gasteiger partial charge in [-0.25, -0.2) is 9.18 Å². The van der Waals surface area contributed by atoms with E-state index in [1.165, 1.54) is 18.2 Å². The summed E-state index contributed by atoms with van der Waals surface area (Å²) in [5.74, 6) is -0.0359. The van der Waals surface area contributed by atoms with Crippen LogP contribution in [0.4, 0.5) is 9.18 Å². The van der Waals surface area contributed by atoms with E-state index in [1.807, 2.05) is 31.2 Å². The molecule has 4 nitrogen and oxygen atoms in total. The Morgan fingerprint density at radius 1 is 1.22 bits per heavy atom. The van der Waals surface area contributed by atoms with Gasteiger partial charge in [0.25, 0.3) is 0 Å². The average molecular weight is 337 g/mol. The van der Waals surface area contributed by atoms with Crippen LogP contribution >= 0.6 is 11.6 Å². The predicted octanol–water partition coefficient (Wildman–Crippen LogP) is 3.67. The predicted molar refractivity (Wildman–Crippen MR) is 88.3 cm³/mol. The van der Waals surface area contributed by atoms with Gasteiger partial charge < -0.3 is 15.4 Å². The molecule has 2 rings (SSSR count). The molecule has 0 saturated carbocycles. The molecule has 0 unspecified atom stereocenters. The monoisotopic (exact) mass is 336 g/mol. The van der Waals surface area contributed by atoms with Gasteiger partial charge >= 0.3 is 6.03 Å². The largest absolute Gasteiger partial charge is 0.490 e. The number of hydrogen-bond donors (Lipinski definition) is 2. The third-order valence-corrected chi connectivity index (χ3v) is 3.54. The maximum Gasteiger partial charge on any atom is 0.315 e. The Labute approximate surface area is 139 Å². The van der Waals surface area contributed by atoms with E-state index in [2.05, 4.69) is 10.6 Å². The minimum atomic E-state index is -0.420. The number of rotatable bonds is 6. The highest BCUT2D eigenvalue weighted by Crippen LogP contribution is 2.24. The van der Waals surface area contributed by atoms with Crippen molar-refractivity contribution < 1.29 is 13.9 Å². The number of carbonyl (C=O) groups is 1. The smallest absolute Gasteiger partial charge is 0.315 e. The Balaban J connectivity index is 1.68. The summed E-state index contributed by atoms with van der Waals surface area (Å²) in [6.07, 6.45) is 0. The van der Waals surface area contributed by atoms with Crippen LogP contribution in [0.1, 0.15) is 11.1 Å². The summed E-state index contributed by atoms with van der Waals surface area (Å²) in [6, 6.07) is 11.5. The normalized spacial score (nSPS) is 10.2. The zero-order valence-corrected chi connectivity index (χ0v) is 13.5. The SMILES string of the molecule is Cc1ccccc1CNC(=O)NCCOc1ccc(F)cc1Cl. The van der Waals surface area contributed by atoms with Crippen LogP contribution in [0.5, 0.6) is 5.75 Å². The number of nitrogens with one attached hydrogen (secondary N) is 2. The van der Waals surface area contributed by atoms with Crippen LogP contribution in [0.2, 0.25) is 5.02 Å². The number of urea groups is 1. The second-order valence-corrected chi connectivity index (χ2v) is 5.37. The molecule has 6 heteroatoms. The summed E-state index contributed by atoms with van der Waals surface area (Å²) in [5.41, 5.74) is 2.19. The Bertz CT molecular complexity index is 679. The third-order valence-electron chi connectivity index (χ3n) is 3.24. The van der Waals surface area contributed by atoms with Crippen molar-refractivity contribution in [2.45, 2.75) is 13.5 Å². The van der Waals surface area contributed by atoms with E-state index < -0.39 is 5.82 Å². The maximum atomic E-state index is 12.9. The molecule has 2 aromatic carbocycles. The topological polar surface area (TPSA) is 50.4 Å². The molecule has 2 aromatic rings.